The van der Waals surface area contributed by atoms with Crippen LogP contribution in [-0.2, 0) is 6.54 Å². The maximum absolute atomic E-state index is 12.9. The molecule has 4 rings (SSSR count). The number of hydrogen-bond donors (Lipinski definition) is 0. The normalized spacial score (nSPS) is 15.9. The number of furan rings is 1. The number of aryl methyl sites for hydroxylation is 1. The zero-order valence-corrected chi connectivity index (χ0v) is 17.0. The summed E-state index contributed by atoms with van der Waals surface area (Å²) < 4.78 is 6.71. The van der Waals surface area contributed by atoms with Crippen molar-refractivity contribution in [3.63, 3.8) is 0 Å². The van der Waals surface area contributed by atoms with Crippen molar-refractivity contribution in [2.24, 2.45) is 0 Å². The third-order valence-electron chi connectivity index (χ3n) is 5.11. The number of carbonyl (C=O) groups excluding carboxylic acids is 1. The number of rotatable bonds is 3. The number of para-hydroxylation sites is 1. The van der Waals surface area contributed by atoms with Crippen molar-refractivity contribution in [2.45, 2.75) is 19.9 Å². The first-order valence-corrected chi connectivity index (χ1v) is 10.1. The molecule has 1 saturated heterocycles. The van der Waals surface area contributed by atoms with Crippen LogP contribution in [0.4, 0.5) is 0 Å². The van der Waals surface area contributed by atoms with Gasteiger partial charge in [-0.1, -0.05) is 42.0 Å². The van der Waals surface area contributed by atoms with Crippen LogP contribution in [0.1, 0.15) is 28.1 Å². The van der Waals surface area contributed by atoms with Gasteiger partial charge in [0.2, 0.25) is 0 Å². The van der Waals surface area contributed by atoms with E-state index in [1.165, 1.54) is 11.1 Å². The van der Waals surface area contributed by atoms with E-state index in [1.807, 2.05) is 29.2 Å². The highest BCUT2D eigenvalue weighted by Crippen LogP contribution is 2.27. The molecule has 1 aliphatic heterocycles. The second kappa shape index (κ2) is 7.87. The molecule has 2 heterocycles. The maximum atomic E-state index is 12.9. The van der Waals surface area contributed by atoms with Gasteiger partial charge in [-0.3, -0.25) is 9.69 Å². The Bertz CT molecular complexity index is 949. The predicted octanol–water partition coefficient (Wildman–Crippen LogP) is 4.85. The Morgan fingerprint density at radius 1 is 1.07 bits per heavy atom. The number of halogens is 1. The van der Waals surface area contributed by atoms with Gasteiger partial charge in [-0.25, -0.2) is 0 Å². The van der Waals surface area contributed by atoms with E-state index in [0.717, 1.165) is 54.6 Å². The molecule has 5 heteroatoms. The predicted molar refractivity (Wildman–Crippen MR) is 111 cm³/mol. The van der Waals surface area contributed by atoms with E-state index in [4.69, 9.17) is 4.42 Å². The fourth-order valence-corrected chi connectivity index (χ4v) is 4.04. The molecule has 140 valence electrons. The van der Waals surface area contributed by atoms with E-state index >= 15 is 0 Å². The third-order valence-corrected chi connectivity index (χ3v) is 5.73. The van der Waals surface area contributed by atoms with Gasteiger partial charge >= 0.3 is 0 Å². The monoisotopic (exact) mass is 426 g/mol. The van der Waals surface area contributed by atoms with Crippen molar-refractivity contribution >= 4 is 32.8 Å². The zero-order valence-electron chi connectivity index (χ0n) is 15.5. The van der Waals surface area contributed by atoms with Crippen LogP contribution < -0.4 is 0 Å². The molecule has 0 N–H and O–H groups in total. The highest BCUT2D eigenvalue weighted by Gasteiger charge is 2.23. The average Bonchev–Trinajstić information content (AvgIpc) is 2.98. The highest BCUT2D eigenvalue weighted by molar-refractivity contribution is 9.10. The summed E-state index contributed by atoms with van der Waals surface area (Å²) in [5, 5.41) is 0.948. The molecule has 0 atom stereocenters. The molecule has 2 aromatic carbocycles. The Morgan fingerprint density at radius 2 is 1.89 bits per heavy atom. The molecule has 1 aromatic heterocycles. The molecular formula is C22H23BrN2O2. The summed E-state index contributed by atoms with van der Waals surface area (Å²) in [4.78, 5) is 17.3. The topological polar surface area (TPSA) is 36.7 Å². The Morgan fingerprint density at radius 3 is 2.67 bits per heavy atom. The fourth-order valence-electron chi connectivity index (χ4n) is 3.57. The molecule has 0 aliphatic carbocycles. The SMILES string of the molecule is Cc1ccc(CN2CCCN(C(=O)c3cc4cccc(Br)c4o3)CC2)cc1. The molecule has 4 nitrogen and oxygen atoms in total. The van der Waals surface area contributed by atoms with Gasteiger partial charge in [0.1, 0.15) is 5.58 Å². The lowest BCUT2D eigenvalue weighted by molar-refractivity contribution is 0.0731. The summed E-state index contributed by atoms with van der Waals surface area (Å²) in [6.07, 6.45) is 0.974. The molecule has 0 saturated carbocycles. The first-order chi connectivity index (χ1) is 13.1. The molecule has 1 amide bonds. The minimum absolute atomic E-state index is 0.0183. The molecule has 0 unspecified atom stereocenters. The van der Waals surface area contributed by atoms with E-state index in [-0.39, 0.29) is 5.91 Å². The first-order valence-electron chi connectivity index (χ1n) is 9.35. The van der Waals surface area contributed by atoms with E-state index in [0.29, 0.717) is 5.76 Å². The van der Waals surface area contributed by atoms with Crippen LogP contribution in [0.5, 0.6) is 0 Å². The summed E-state index contributed by atoms with van der Waals surface area (Å²) in [6, 6.07) is 16.4. The van der Waals surface area contributed by atoms with Gasteiger partial charge in [0.15, 0.2) is 5.76 Å². The highest BCUT2D eigenvalue weighted by atomic mass is 79.9. The summed E-state index contributed by atoms with van der Waals surface area (Å²) in [6.45, 7) is 6.41. The fraction of sp³-hybridized carbons (Fsp3) is 0.318. The van der Waals surface area contributed by atoms with E-state index < -0.39 is 0 Å². The minimum Gasteiger partial charge on any atom is -0.450 e. The Balaban J connectivity index is 1.43. The number of hydrogen-bond acceptors (Lipinski definition) is 3. The number of nitrogens with zero attached hydrogens (tertiary/aromatic N) is 2. The second-order valence-electron chi connectivity index (χ2n) is 7.18. The molecule has 0 radical (unpaired) electrons. The first kappa shape index (κ1) is 18.3. The summed E-state index contributed by atoms with van der Waals surface area (Å²) in [7, 11) is 0. The lowest BCUT2D eigenvalue weighted by Crippen LogP contribution is -2.34. The Hall–Kier alpha value is -2.11. The standard InChI is InChI=1S/C22H23BrN2O2/c1-16-6-8-17(9-7-16)15-24-10-3-11-25(13-12-24)22(26)20-14-18-4-2-5-19(23)21(18)27-20/h2,4-9,14H,3,10-13,15H2,1H3. The lowest BCUT2D eigenvalue weighted by atomic mass is 10.1. The van der Waals surface area contributed by atoms with Crippen LogP contribution in [0.2, 0.25) is 0 Å². The van der Waals surface area contributed by atoms with Gasteiger partial charge in [0.05, 0.1) is 4.47 Å². The molecule has 3 aromatic rings. The zero-order chi connectivity index (χ0) is 18.8. The third kappa shape index (κ3) is 4.09. The van der Waals surface area contributed by atoms with Crippen molar-refractivity contribution < 1.29 is 9.21 Å². The molecule has 0 bridgehead atoms. The van der Waals surface area contributed by atoms with Crippen LogP contribution in [0.25, 0.3) is 11.0 Å². The van der Waals surface area contributed by atoms with Gasteiger partial charge < -0.3 is 9.32 Å². The lowest BCUT2D eigenvalue weighted by Gasteiger charge is -2.21. The number of benzene rings is 2. The van der Waals surface area contributed by atoms with E-state index in [2.05, 4.69) is 52.0 Å². The molecule has 0 spiro atoms. The van der Waals surface area contributed by atoms with Gasteiger partial charge in [-0.15, -0.1) is 0 Å². The largest absolute Gasteiger partial charge is 0.450 e. The minimum atomic E-state index is -0.0183. The molecule has 1 aliphatic rings. The quantitative estimate of drug-likeness (QED) is 0.600. The smallest absolute Gasteiger partial charge is 0.289 e. The average molecular weight is 427 g/mol. The number of fused-ring (bicyclic) bond motifs is 1. The van der Waals surface area contributed by atoms with Gasteiger partial charge in [0, 0.05) is 38.1 Å². The van der Waals surface area contributed by atoms with Crippen molar-refractivity contribution in [1.29, 1.82) is 0 Å². The van der Waals surface area contributed by atoms with Crippen molar-refractivity contribution in [2.75, 3.05) is 26.2 Å². The van der Waals surface area contributed by atoms with Gasteiger partial charge in [0.25, 0.3) is 5.91 Å². The van der Waals surface area contributed by atoms with Gasteiger partial charge in [-0.2, -0.15) is 0 Å². The van der Waals surface area contributed by atoms with Crippen LogP contribution in [0.3, 0.4) is 0 Å². The maximum Gasteiger partial charge on any atom is 0.289 e. The van der Waals surface area contributed by atoms with Gasteiger partial charge in [-0.05, 0) is 47.0 Å². The van der Waals surface area contributed by atoms with Crippen molar-refractivity contribution in [1.82, 2.24) is 9.80 Å². The van der Waals surface area contributed by atoms with Crippen LogP contribution in [0, 0.1) is 6.92 Å². The number of amides is 1. The Labute approximate surface area is 167 Å². The molecule has 27 heavy (non-hydrogen) atoms. The van der Waals surface area contributed by atoms with Crippen LogP contribution in [-0.4, -0.2) is 41.9 Å². The number of carbonyl (C=O) groups is 1. The van der Waals surface area contributed by atoms with Crippen molar-refractivity contribution in [3.05, 3.63) is 69.9 Å². The molecule has 1 fully saturated rings. The van der Waals surface area contributed by atoms with Crippen LogP contribution in [0.15, 0.2) is 57.4 Å². The summed E-state index contributed by atoms with van der Waals surface area (Å²) >= 11 is 3.49. The summed E-state index contributed by atoms with van der Waals surface area (Å²) in [5.74, 6) is 0.402. The van der Waals surface area contributed by atoms with Crippen LogP contribution >= 0.6 is 15.9 Å². The Kier molecular flexibility index (Phi) is 5.32. The van der Waals surface area contributed by atoms with E-state index in [1.54, 1.807) is 0 Å². The van der Waals surface area contributed by atoms with Crippen molar-refractivity contribution in [3.8, 4) is 0 Å². The molecular weight excluding hydrogens is 404 g/mol. The second-order valence-corrected chi connectivity index (χ2v) is 8.03. The summed E-state index contributed by atoms with van der Waals surface area (Å²) in [5.41, 5.74) is 3.34. The van der Waals surface area contributed by atoms with E-state index in [9.17, 15) is 4.79 Å².